The Morgan fingerprint density at radius 1 is 1.36 bits per heavy atom. The molecule has 1 aromatic rings. The third kappa shape index (κ3) is 3.35. The van der Waals surface area contributed by atoms with Crippen LogP contribution in [-0.4, -0.2) is 41.1 Å². The molecule has 5 nitrogen and oxygen atoms in total. The Bertz CT molecular complexity index is 572. The first kappa shape index (κ1) is 16.2. The topological polar surface area (TPSA) is 66.8 Å². The van der Waals surface area contributed by atoms with E-state index in [1.807, 2.05) is 0 Å². The van der Waals surface area contributed by atoms with Crippen molar-refractivity contribution >= 4 is 11.9 Å². The van der Waals surface area contributed by atoms with E-state index in [0.717, 1.165) is 11.0 Å². The van der Waals surface area contributed by atoms with Gasteiger partial charge in [-0.15, -0.1) is 0 Å². The number of carboxylic acid groups (broad SMARTS) is 1. The lowest BCUT2D eigenvalue weighted by molar-refractivity contribution is -0.163. The van der Waals surface area contributed by atoms with Crippen molar-refractivity contribution in [3.63, 3.8) is 0 Å². The molecule has 0 unspecified atom stereocenters. The molecule has 1 N–H and O–H groups in total. The summed E-state index contributed by atoms with van der Waals surface area (Å²) in [5.41, 5.74) is -0.544. The Hall–Kier alpha value is -2.18. The first-order valence-corrected chi connectivity index (χ1v) is 7.01. The van der Waals surface area contributed by atoms with Gasteiger partial charge < -0.3 is 14.7 Å². The van der Waals surface area contributed by atoms with Crippen LogP contribution in [0, 0.1) is 0 Å². The van der Waals surface area contributed by atoms with Gasteiger partial charge in [-0.05, 0) is 31.9 Å². The van der Waals surface area contributed by atoms with Crippen LogP contribution in [0.25, 0.3) is 0 Å². The molecule has 0 atom stereocenters. The fraction of sp³-hybridized carbons (Fsp3) is 0.467. The molecule has 0 spiro atoms. The summed E-state index contributed by atoms with van der Waals surface area (Å²) in [6, 6.07) is 4.98. The molecule has 0 saturated heterocycles. The van der Waals surface area contributed by atoms with Gasteiger partial charge >= 0.3 is 11.9 Å². The Kier molecular flexibility index (Phi) is 4.63. The van der Waals surface area contributed by atoms with Crippen LogP contribution in [-0.2, 0) is 15.5 Å². The Labute approximate surface area is 126 Å². The number of nitrogens with zero attached hydrogens (tertiary/aromatic N) is 1. The number of para-hydroxylation sites is 1. The number of rotatable bonds is 7. The summed E-state index contributed by atoms with van der Waals surface area (Å²) < 4.78 is 34.3. The van der Waals surface area contributed by atoms with Crippen molar-refractivity contribution in [1.29, 1.82) is 0 Å². The molecule has 0 radical (unpaired) electrons. The van der Waals surface area contributed by atoms with Crippen LogP contribution in [0.15, 0.2) is 24.3 Å². The molecule has 2 rings (SSSR count). The number of halogens is 2. The second-order valence-corrected chi connectivity index (χ2v) is 5.06. The van der Waals surface area contributed by atoms with Crippen LogP contribution >= 0.6 is 0 Å². The second-order valence-electron chi connectivity index (χ2n) is 5.06. The van der Waals surface area contributed by atoms with Gasteiger partial charge in [0.25, 0.3) is 5.91 Å². The molecule has 0 aromatic heterocycles. The fourth-order valence-corrected chi connectivity index (χ4v) is 2.20. The van der Waals surface area contributed by atoms with Gasteiger partial charge in [0.1, 0.15) is 12.3 Å². The molecule has 120 valence electrons. The molecule has 0 heterocycles. The SMILES string of the molecule is CCOc1ccccc1C(F)(F)C(=O)N(CC(=O)O)C1CC1. The smallest absolute Gasteiger partial charge is 0.353 e. The summed E-state index contributed by atoms with van der Waals surface area (Å²) in [6.07, 6.45) is 1.09. The lowest BCUT2D eigenvalue weighted by Crippen LogP contribution is -2.45. The van der Waals surface area contributed by atoms with E-state index in [4.69, 9.17) is 9.84 Å². The molecule has 1 amide bonds. The maximum Gasteiger partial charge on any atom is 0.353 e. The van der Waals surface area contributed by atoms with E-state index in [1.165, 1.54) is 18.2 Å². The van der Waals surface area contributed by atoms with Gasteiger partial charge in [0, 0.05) is 6.04 Å². The molecular formula is C15H17F2NO4. The van der Waals surface area contributed by atoms with E-state index in [0.29, 0.717) is 12.8 Å². The van der Waals surface area contributed by atoms with E-state index in [2.05, 4.69) is 0 Å². The number of ether oxygens (including phenoxy) is 1. The van der Waals surface area contributed by atoms with E-state index in [-0.39, 0.29) is 12.4 Å². The van der Waals surface area contributed by atoms with Gasteiger partial charge in [0.05, 0.1) is 12.2 Å². The summed E-state index contributed by atoms with van der Waals surface area (Å²) in [7, 11) is 0. The maximum atomic E-state index is 14.6. The number of carbonyl (C=O) groups is 2. The van der Waals surface area contributed by atoms with Crippen LogP contribution in [0.4, 0.5) is 8.78 Å². The van der Waals surface area contributed by atoms with E-state index < -0.39 is 35.9 Å². The number of carboxylic acids is 1. The van der Waals surface area contributed by atoms with Crippen molar-refractivity contribution in [2.24, 2.45) is 0 Å². The lowest BCUT2D eigenvalue weighted by atomic mass is 10.1. The normalized spacial score (nSPS) is 14.5. The van der Waals surface area contributed by atoms with Crippen LogP contribution in [0.1, 0.15) is 25.3 Å². The Morgan fingerprint density at radius 3 is 2.55 bits per heavy atom. The largest absolute Gasteiger partial charge is 0.493 e. The summed E-state index contributed by atoms with van der Waals surface area (Å²) >= 11 is 0. The van der Waals surface area contributed by atoms with E-state index in [1.54, 1.807) is 6.92 Å². The monoisotopic (exact) mass is 313 g/mol. The predicted molar refractivity (Wildman–Crippen MR) is 73.9 cm³/mol. The van der Waals surface area contributed by atoms with Crippen molar-refractivity contribution in [3.8, 4) is 5.75 Å². The minimum absolute atomic E-state index is 0.0746. The van der Waals surface area contributed by atoms with Gasteiger partial charge in [0.2, 0.25) is 0 Å². The first-order chi connectivity index (χ1) is 10.4. The molecule has 1 aliphatic rings. The molecule has 0 aliphatic heterocycles. The number of carbonyl (C=O) groups excluding carboxylic acids is 1. The first-order valence-electron chi connectivity index (χ1n) is 7.01. The number of hydrogen-bond acceptors (Lipinski definition) is 3. The van der Waals surface area contributed by atoms with Gasteiger partial charge in [-0.2, -0.15) is 8.78 Å². The van der Waals surface area contributed by atoms with E-state index >= 15 is 0 Å². The molecule has 1 saturated carbocycles. The highest BCUT2D eigenvalue weighted by Gasteiger charge is 2.49. The third-order valence-electron chi connectivity index (χ3n) is 3.35. The Morgan fingerprint density at radius 2 is 2.00 bits per heavy atom. The molecular weight excluding hydrogens is 296 g/mol. The molecule has 1 fully saturated rings. The average Bonchev–Trinajstić information content (AvgIpc) is 3.29. The van der Waals surface area contributed by atoms with Crippen LogP contribution in [0.5, 0.6) is 5.75 Å². The number of amides is 1. The zero-order valence-electron chi connectivity index (χ0n) is 12.1. The molecule has 7 heteroatoms. The van der Waals surface area contributed by atoms with Crippen molar-refractivity contribution < 1.29 is 28.2 Å². The number of alkyl halides is 2. The fourth-order valence-electron chi connectivity index (χ4n) is 2.20. The van der Waals surface area contributed by atoms with Gasteiger partial charge in [-0.25, -0.2) is 0 Å². The van der Waals surface area contributed by atoms with Crippen LogP contribution in [0.3, 0.4) is 0 Å². The third-order valence-corrected chi connectivity index (χ3v) is 3.35. The molecule has 22 heavy (non-hydrogen) atoms. The Balaban J connectivity index is 2.31. The average molecular weight is 313 g/mol. The van der Waals surface area contributed by atoms with Crippen molar-refractivity contribution in [1.82, 2.24) is 4.90 Å². The highest BCUT2D eigenvalue weighted by Crippen LogP contribution is 2.39. The minimum atomic E-state index is -3.83. The maximum absolute atomic E-state index is 14.6. The lowest BCUT2D eigenvalue weighted by Gasteiger charge is -2.26. The van der Waals surface area contributed by atoms with Crippen molar-refractivity contribution in [3.05, 3.63) is 29.8 Å². The van der Waals surface area contributed by atoms with Crippen LogP contribution < -0.4 is 4.74 Å². The summed E-state index contributed by atoms with van der Waals surface area (Å²) in [5.74, 6) is -6.71. The predicted octanol–water partition coefficient (Wildman–Crippen LogP) is 2.25. The molecule has 1 aliphatic carbocycles. The quantitative estimate of drug-likeness (QED) is 0.838. The minimum Gasteiger partial charge on any atom is -0.493 e. The second kappa shape index (κ2) is 6.29. The molecule has 1 aromatic carbocycles. The van der Waals surface area contributed by atoms with E-state index in [9.17, 15) is 18.4 Å². The summed E-state index contributed by atoms with van der Waals surface area (Å²) in [5, 5.41) is 8.82. The number of benzene rings is 1. The summed E-state index contributed by atoms with van der Waals surface area (Å²) in [4.78, 5) is 23.8. The zero-order chi connectivity index (χ0) is 16.3. The highest BCUT2D eigenvalue weighted by molar-refractivity contribution is 5.88. The zero-order valence-corrected chi connectivity index (χ0v) is 12.1. The van der Waals surface area contributed by atoms with Gasteiger partial charge in [-0.1, -0.05) is 12.1 Å². The van der Waals surface area contributed by atoms with Gasteiger partial charge in [-0.3, -0.25) is 9.59 Å². The standard InChI is InChI=1S/C15H17F2NO4/c1-2-22-12-6-4-3-5-11(12)15(16,17)14(21)18(9-13(19)20)10-7-8-10/h3-6,10H,2,7-9H2,1H3,(H,19,20). The van der Waals surface area contributed by atoms with Crippen LogP contribution in [0.2, 0.25) is 0 Å². The van der Waals surface area contributed by atoms with Crippen molar-refractivity contribution in [2.75, 3.05) is 13.2 Å². The van der Waals surface area contributed by atoms with Gasteiger partial charge in [0.15, 0.2) is 0 Å². The number of hydrogen-bond donors (Lipinski definition) is 1. The highest BCUT2D eigenvalue weighted by atomic mass is 19.3. The summed E-state index contributed by atoms with van der Waals surface area (Å²) in [6.45, 7) is 1.11. The number of aliphatic carboxylic acids is 1. The molecule has 0 bridgehead atoms. The van der Waals surface area contributed by atoms with Crippen molar-refractivity contribution in [2.45, 2.75) is 31.7 Å².